The van der Waals surface area contributed by atoms with E-state index in [1.165, 1.54) is 0 Å². The van der Waals surface area contributed by atoms with Crippen LogP contribution in [0.4, 0.5) is 13.2 Å². The Morgan fingerprint density at radius 2 is 1.80 bits per heavy atom. The second-order valence-corrected chi connectivity index (χ2v) is 3.18. The van der Waals surface area contributed by atoms with Gasteiger partial charge in [-0.05, 0) is 6.92 Å². The summed E-state index contributed by atoms with van der Waals surface area (Å²) in [6, 6.07) is -1.51. The first-order chi connectivity index (χ1) is 6.80. The van der Waals surface area contributed by atoms with Gasteiger partial charge in [0.15, 0.2) is 0 Å². The van der Waals surface area contributed by atoms with Crippen LogP contribution >= 0.6 is 0 Å². The Hall–Kier alpha value is -1.21. The molecule has 0 radical (unpaired) electrons. The molecule has 1 aromatic rings. The first-order valence-electron chi connectivity index (χ1n) is 4.10. The predicted molar refractivity (Wildman–Crippen MR) is 45.6 cm³/mol. The van der Waals surface area contributed by atoms with E-state index in [1.807, 2.05) is 0 Å². The minimum atomic E-state index is -4.87. The predicted octanol–water partition coefficient (Wildman–Crippen LogP) is 0.574. The number of nitrogens with two attached hydrogens (primary N) is 1. The van der Waals surface area contributed by atoms with Gasteiger partial charge in [-0.2, -0.15) is 13.2 Å². The van der Waals surface area contributed by atoms with Crippen LogP contribution in [-0.2, 0) is 5.60 Å². The van der Waals surface area contributed by atoms with Gasteiger partial charge in [-0.15, -0.1) is 0 Å². The highest BCUT2D eigenvalue weighted by atomic mass is 19.4. The molecular weight excluding hydrogens is 211 g/mol. The average molecular weight is 221 g/mol. The molecule has 1 aromatic heterocycles. The van der Waals surface area contributed by atoms with Gasteiger partial charge < -0.3 is 10.8 Å². The van der Waals surface area contributed by atoms with Crippen molar-refractivity contribution in [1.82, 2.24) is 9.97 Å². The summed E-state index contributed by atoms with van der Waals surface area (Å²) in [7, 11) is 0. The third kappa shape index (κ3) is 1.93. The van der Waals surface area contributed by atoms with Crippen LogP contribution in [0.1, 0.15) is 12.5 Å². The minimum Gasteiger partial charge on any atom is -0.375 e. The van der Waals surface area contributed by atoms with Gasteiger partial charge in [0.1, 0.15) is 6.33 Å². The third-order valence-corrected chi connectivity index (χ3v) is 2.09. The SMILES string of the molecule is CC(N)C(O)(c1cncnc1)C(F)(F)F. The molecule has 0 saturated heterocycles. The van der Waals surface area contributed by atoms with E-state index in [-0.39, 0.29) is 0 Å². The summed E-state index contributed by atoms with van der Waals surface area (Å²) in [5.74, 6) is 0. The van der Waals surface area contributed by atoms with E-state index in [0.717, 1.165) is 25.6 Å². The molecule has 2 atom stereocenters. The first kappa shape index (κ1) is 11.9. The number of alkyl halides is 3. The lowest BCUT2D eigenvalue weighted by Crippen LogP contribution is -2.54. The topological polar surface area (TPSA) is 72.0 Å². The molecule has 0 saturated carbocycles. The summed E-state index contributed by atoms with van der Waals surface area (Å²) >= 11 is 0. The van der Waals surface area contributed by atoms with Gasteiger partial charge in [0.05, 0.1) is 0 Å². The number of aromatic nitrogens is 2. The number of rotatable bonds is 2. The summed E-state index contributed by atoms with van der Waals surface area (Å²) in [5, 5.41) is 9.57. The Morgan fingerprint density at radius 3 is 2.13 bits per heavy atom. The number of nitrogens with zero attached hydrogens (tertiary/aromatic N) is 2. The summed E-state index contributed by atoms with van der Waals surface area (Å²) in [6.45, 7) is 1.07. The zero-order valence-corrected chi connectivity index (χ0v) is 7.86. The van der Waals surface area contributed by atoms with Crippen molar-refractivity contribution in [1.29, 1.82) is 0 Å². The Labute approximate surface area is 84.0 Å². The van der Waals surface area contributed by atoms with Gasteiger partial charge in [-0.1, -0.05) is 0 Å². The Bertz CT molecular complexity index is 328. The molecule has 0 aliphatic carbocycles. The maximum absolute atomic E-state index is 12.7. The first-order valence-corrected chi connectivity index (χ1v) is 4.10. The standard InChI is InChI=1S/C8H10F3N3O/c1-5(12)7(15,8(9,10)11)6-2-13-4-14-3-6/h2-5,15H,12H2,1H3. The fraction of sp³-hybridized carbons (Fsp3) is 0.500. The molecule has 1 heterocycles. The molecule has 4 nitrogen and oxygen atoms in total. The maximum atomic E-state index is 12.7. The highest BCUT2D eigenvalue weighted by molar-refractivity contribution is 5.19. The van der Waals surface area contributed by atoms with Gasteiger partial charge >= 0.3 is 6.18 Å². The van der Waals surface area contributed by atoms with E-state index in [0.29, 0.717) is 0 Å². The van der Waals surface area contributed by atoms with Gasteiger partial charge in [0.2, 0.25) is 5.60 Å². The van der Waals surface area contributed by atoms with Crippen LogP contribution in [0.5, 0.6) is 0 Å². The van der Waals surface area contributed by atoms with Crippen molar-refractivity contribution < 1.29 is 18.3 Å². The zero-order valence-electron chi connectivity index (χ0n) is 7.86. The van der Waals surface area contributed by atoms with Crippen molar-refractivity contribution in [2.24, 2.45) is 5.73 Å². The Kier molecular flexibility index (Phi) is 2.96. The molecule has 15 heavy (non-hydrogen) atoms. The van der Waals surface area contributed by atoms with Crippen LogP contribution in [-0.4, -0.2) is 27.3 Å². The van der Waals surface area contributed by atoms with Crippen molar-refractivity contribution in [3.05, 3.63) is 24.3 Å². The molecule has 0 bridgehead atoms. The molecule has 3 N–H and O–H groups in total. The molecular formula is C8H10F3N3O. The second-order valence-electron chi connectivity index (χ2n) is 3.18. The van der Waals surface area contributed by atoms with Crippen LogP contribution in [0.2, 0.25) is 0 Å². The molecule has 0 aliphatic heterocycles. The smallest absolute Gasteiger partial charge is 0.375 e. The lowest BCUT2D eigenvalue weighted by molar-refractivity contribution is -0.273. The molecule has 1 rings (SSSR count). The molecule has 0 aromatic carbocycles. The van der Waals surface area contributed by atoms with Gasteiger partial charge in [0, 0.05) is 24.0 Å². The number of hydrogen-bond donors (Lipinski definition) is 2. The maximum Gasteiger partial charge on any atom is 0.423 e. The van der Waals surface area contributed by atoms with Crippen molar-refractivity contribution in [2.45, 2.75) is 24.7 Å². The molecule has 0 aliphatic rings. The monoisotopic (exact) mass is 221 g/mol. The van der Waals surface area contributed by atoms with E-state index < -0.39 is 23.4 Å². The van der Waals surface area contributed by atoms with Crippen molar-refractivity contribution in [3.63, 3.8) is 0 Å². The second kappa shape index (κ2) is 3.74. The highest BCUT2D eigenvalue weighted by Gasteiger charge is 2.57. The van der Waals surface area contributed by atoms with E-state index in [9.17, 15) is 18.3 Å². The van der Waals surface area contributed by atoms with Crippen molar-refractivity contribution in [2.75, 3.05) is 0 Å². The molecule has 0 amide bonds. The minimum absolute atomic E-state index is 0.465. The van der Waals surface area contributed by atoms with Crippen LogP contribution in [0.15, 0.2) is 18.7 Å². The molecule has 84 valence electrons. The van der Waals surface area contributed by atoms with Crippen LogP contribution in [0, 0.1) is 0 Å². The third-order valence-electron chi connectivity index (χ3n) is 2.09. The lowest BCUT2D eigenvalue weighted by Gasteiger charge is -2.33. The van der Waals surface area contributed by atoms with Crippen LogP contribution in [0.25, 0.3) is 0 Å². The summed E-state index contributed by atoms with van der Waals surface area (Å²) in [4.78, 5) is 6.84. The largest absolute Gasteiger partial charge is 0.423 e. The van der Waals surface area contributed by atoms with Crippen LogP contribution in [0.3, 0.4) is 0 Å². The number of hydrogen-bond acceptors (Lipinski definition) is 4. The van der Waals surface area contributed by atoms with E-state index in [4.69, 9.17) is 5.73 Å². The molecule has 0 spiro atoms. The van der Waals surface area contributed by atoms with E-state index >= 15 is 0 Å². The van der Waals surface area contributed by atoms with Crippen LogP contribution < -0.4 is 5.73 Å². The molecule has 0 fully saturated rings. The summed E-state index contributed by atoms with van der Waals surface area (Å²) < 4.78 is 38.0. The summed E-state index contributed by atoms with van der Waals surface area (Å²) in [6.07, 6.45) is -2.01. The fourth-order valence-electron chi connectivity index (χ4n) is 1.18. The van der Waals surface area contributed by atoms with Gasteiger partial charge in [0.25, 0.3) is 0 Å². The number of aliphatic hydroxyl groups is 1. The van der Waals surface area contributed by atoms with Gasteiger partial charge in [-0.25, -0.2) is 9.97 Å². The highest BCUT2D eigenvalue weighted by Crippen LogP contribution is 2.40. The Balaban J connectivity index is 3.26. The molecule has 7 heteroatoms. The van der Waals surface area contributed by atoms with E-state index in [1.54, 1.807) is 0 Å². The van der Waals surface area contributed by atoms with Gasteiger partial charge in [-0.3, -0.25) is 0 Å². The molecule has 2 unspecified atom stereocenters. The summed E-state index contributed by atoms with van der Waals surface area (Å²) in [5.41, 5.74) is 1.58. The van der Waals surface area contributed by atoms with Crippen molar-refractivity contribution >= 4 is 0 Å². The Morgan fingerprint density at radius 1 is 1.33 bits per heavy atom. The fourth-order valence-corrected chi connectivity index (χ4v) is 1.18. The quantitative estimate of drug-likeness (QED) is 0.766. The lowest BCUT2D eigenvalue weighted by atomic mass is 9.89. The van der Waals surface area contributed by atoms with E-state index in [2.05, 4.69) is 9.97 Å². The average Bonchev–Trinajstić information content (AvgIpc) is 2.16. The normalized spacial score (nSPS) is 18.3. The zero-order chi connectivity index (χ0) is 11.7. The number of halogens is 3. The van der Waals surface area contributed by atoms with Crippen molar-refractivity contribution in [3.8, 4) is 0 Å².